The summed E-state index contributed by atoms with van der Waals surface area (Å²) in [5, 5.41) is 5.72. The average Bonchev–Trinajstić information content (AvgIpc) is 2.80. The Kier molecular flexibility index (Phi) is 5.17. The number of halogens is 1. The quantitative estimate of drug-likeness (QED) is 0.863. The Bertz CT molecular complexity index is 517. The van der Waals surface area contributed by atoms with Crippen molar-refractivity contribution in [1.82, 2.24) is 10.6 Å². The van der Waals surface area contributed by atoms with Crippen LogP contribution >= 0.6 is 15.9 Å². The molecule has 4 nitrogen and oxygen atoms in total. The van der Waals surface area contributed by atoms with Gasteiger partial charge in [-0.25, -0.2) is 0 Å². The molecule has 0 aromatic heterocycles. The lowest BCUT2D eigenvalue weighted by Crippen LogP contribution is -2.34. The molecule has 1 atom stereocenters. The Morgan fingerprint density at radius 3 is 3.00 bits per heavy atom. The maximum atomic E-state index is 11.8. The Labute approximate surface area is 127 Å². The van der Waals surface area contributed by atoms with Gasteiger partial charge >= 0.3 is 0 Å². The molecule has 108 valence electrons. The SMILES string of the molecule is Cc1c(Br)cccc1CCNC(=O)CC1CCC(=O)N1. The van der Waals surface area contributed by atoms with E-state index in [2.05, 4.69) is 39.6 Å². The van der Waals surface area contributed by atoms with Crippen LogP contribution in [0.4, 0.5) is 0 Å². The van der Waals surface area contributed by atoms with E-state index in [1.165, 1.54) is 11.1 Å². The summed E-state index contributed by atoms with van der Waals surface area (Å²) in [5.74, 6) is 0.0532. The van der Waals surface area contributed by atoms with Crippen molar-refractivity contribution in [3.8, 4) is 0 Å². The van der Waals surface area contributed by atoms with Gasteiger partial charge in [-0.15, -0.1) is 0 Å². The summed E-state index contributed by atoms with van der Waals surface area (Å²) in [7, 11) is 0. The minimum absolute atomic E-state index is 0.00449. The largest absolute Gasteiger partial charge is 0.356 e. The van der Waals surface area contributed by atoms with E-state index in [0.29, 0.717) is 19.4 Å². The van der Waals surface area contributed by atoms with Crippen molar-refractivity contribution in [2.75, 3.05) is 6.54 Å². The van der Waals surface area contributed by atoms with Gasteiger partial charge in [0.15, 0.2) is 0 Å². The molecule has 2 amide bonds. The minimum atomic E-state index is 0.00449. The first kappa shape index (κ1) is 15.0. The lowest BCUT2D eigenvalue weighted by atomic mass is 10.1. The number of amides is 2. The third-order valence-electron chi connectivity index (χ3n) is 3.61. The van der Waals surface area contributed by atoms with Crippen molar-refractivity contribution < 1.29 is 9.59 Å². The average molecular weight is 339 g/mol. The maximum Gasteiger partial charge on any atom is 0.222 e. The molecule has 0 spiro atoms. The Morgan fingerprint density at radius 2 is 2.30 bits per heavy atom. The van der Waals surface area contributed by atoms with E-state index in [9.17, 15) is 9.59 Å². The number of hydrogen-bond donors (Lipinski definition) is 2. The van der Waals surface area contributed by atoms with Crippen LogP contribution in [0.3, 0.4) is 0 Å². The van der Waals surface area contributed by atoms with Crippen LogP contribution in [0.1, 0.15) is 30.4 Å². The predicted molar refractivity (Wildman–Crippen MR) is 81.4 cm³/mol. The first-order valence-corrected chi connectivity index (χ1v) is 7.65. The van der Waals surface area contributed by atoms with Gasteiger partial charge in [-0.2, -0.15) is 0 Å². The number of carbonyl (C=O) groups is 2. The van der Waals surface area contributed by atoms with Gasteiger partial charge in [-0.1, -0.05) is 28.1 Å². The smallest absolute Gasteiger partial charge is 0.222 e. The standard InChI is InChI=1S/C15H19BrN2O2/c1-10-11(3-2-4-13(10)16)7-8-17-15(20)9-12-5-6-14(19)18-12/h2-4,12H,5-9H2,1H3,(H,17,20)(H,18,19). The number of rotatable bonds is 5. The van der Waals surface area contributed by atoms with Gasteiger partial charge in [-0.3, -0.25) is 9.59 Å². The van der Waals surface area contributed by atoms with Crippen molar-refractivity contribution >= 4 is 27.7 Å². The van der Waals surface area contributed by atoms with E-state index in [0.717, 1.165) is 17.3 Å². The Morgan fingerprint density at radius 1 is 1.50 bits per heavy atom. The zero-order valence-corrected chi connectivity index (χ0v) is 13.1. The van der Waals surface area contributed by atoms with Crippen LogP contribution in [0.25, 0.3) is 0 Å². The van der Waals surface area contributed by atoms with Crippen molar-refractivity contribution in [2.45, 2.75) is 38.6 Å². The summed E-state index contributed by atoms with van der Waals surface area (Å²) in [5.41, 5.74) is 2.44. The molecule has 20 heavy (non-hydrogen) atoms. The first-order chi connectivity index (χ1) is 9.56. The second-order valence-electron chi connectivity index (χ2n) is 5.13. The van der Waals surface area contributed by atoms with E-state index in [1.54, 1.807) is 0 Å². The molecule has 1 unspecified atom stereocenters. The molecule has 0 radical (unpaired) electrons. The zero-order valence-electron chi connectivity index (χ0n) is 11.5. The van der Waals surface area contributed by atoms with Crippen molar-refractivity contribution in [3.63, 3.8) is 0 Å². The second-order valence-corrected chi connectivity index (χ2v) is 5.99. The van der Waals surface area contributed by atoms with Gasteiger partial charge in [-0.05, 0) is 37.0 Å². The fraction of sp³-hybridized carbons (Fsp3) is 0.467. The highest BCUT2D eigenvalue weighted by Gasteiger charge is 2.22. The first-order valence-electron chi connectivity index (χ1n) is 6.86. The summed E-state index contributed by atoms with van der Waals surface area (Å²) in [6, 6.07) is 6.10. The molecule has 0 bridgehead atoms. The molecule has 1 aliphatic rings. The molecular formula is C15H19BrN2O2. The van der Waals surface area contributed by atoms with E-state index >= 15 is 0 Å². The summed E-state index contributed by atoms with van der Waals surface area (Å²) in [6.45, 7) is 2.69. The normalized spacial score (nSPS) is 17.9. The summed E-state index contributed by atoms with van der Waals surface area (Å²) in [6.07, 6.45) is 2.49. The molecular weight excluding hydrogens is 320 g/mol. The fourth-order valence-corrected chi connectivity index (χ4v) is 2.79. The van der Waals surface area contributed by atoms with Gasteiger partial charge in [0.05, 0.1) is 0 Å². The molecule has 1 aromatic rings. The monoisotopic (exact) mass is 338 g/mol. The summed E-state index contributed by atoms with van der Waals surface area (Å²) >= 11 is 3.50. The molecule has 1 fully saturated rings. The van der Waals surface area contributed by atoms with Crippen molar-refractivity contribution in [2.24, 2.45) is 0 Å². The van der Waals surface area contributed by atoms with Crippen molar-refractivity contribution in [1.29, 1.82) is 0 Å². The number of hydrogen-bond acceptors (Lipinski definition) is 2. The highest BCUT2D eigenvalue weighted by atomic mass is 79.9. The number of nitrogens with one attached hydrogen (secondary N) is 2. The van der Waals surface area contributed by atoms with E-state index in [4.69, 9.17) is 0 Å². The molecule has 1 aromatic carbocycles. The lowest BCUT2D eigenvalue weighted by molar-refractivity contribution is -0.121. The van der Waals surface area contributed by atoms with Crippen LogP contribution in [0.2, 0.25) is 0 Å². The molecule has 1 heterocycles. The van der Waals surface area contributed by atoms with E-state index < -0.39 is 0 Å². The molecule has 0 aliphatic carbocycles. The third kappa shape index (κ3) is 4.07. The molecule has 5 heteroatoms. The van der Waals surface area contributed by atoms with E-state index in [-0.39, 0.29) is 17.9 Å². The minimum Gasteiger partial charge on any atom is -0.356 e. The lowest BCUT2D eigenvalue weighted by Gasteiger charge is -2.11. The topological polar surface area (TPSA) is 58.2 Å². The Hall–Kier alpha value is -1.36. The molecule has 2 N–H and O–H groups in total. The van der Waals surface area contributed by atoms with Crippen LogP contribution in [0.5, 0.6) is 0 Å². The maximum absolute atomic E-state index is 11.8. The summed E-state index contributed by atoms with van der Waals surface area (Å²) in [4.78, 5) is 22.8. The van der Waals surface area contributed by atoms with Crippen LogP contribution in [0.15, 0.2) is 22.7 Å². The Balaban J connectivity index is 1.74. The predicted octanol–water partition coefficient (Wildman–Crippen LogP) is 2.08. The van der Waals surface area contributed by atoms with Crippen LogP contribution < -0.4 is 10.6 Å². The molecule has 1 saturated heterocycles. The van der Waals surface area contributed by atoms with Gasteiger partial charge in [0.2, 0.25) is 11.8 Å². The number of carbonyl (C=O) groups excluding carboxylic acids is 2. The van der Waals surface area contributed by atoms with Crippen LogP contribution in [-0.4, -0.2) is 24.4 Å². The van der Waals surface area contributed by atoms with Crippen LogP contribution in [0, 0.1) is 6.92 Å². The fourth-order valence-electron chi connectivity index (χ4n) is 2.39. The van der Waals surface area contributed by atoms with E-state index in [1.807, 2.05) is 12.1 Å². The van der Waals surface area contributed by atoms with Gasteiger partial charge in [0.25, 0.3) is 0 Å². The molecule has 0 saturated carbocycles. The summed E-state index contributed by atoms with van der Waals surface area (Å²) < 4.78 is 1.09. The zero-order chi connectivity index (χ0) is 14.5. The second kappa shape index (κ2) is 6.88. The highest BCUT2D eigenvalue weighted by molar-refractivity contribution is 9.10. The third-order valence-corrected chi connectivity index (χ3v) is 4.47. The molecule has 2 rings (SSSR count). The molecule has 1 aliphatic heterocycles. The van der Waals surface area contributed by atoms with Gasteiger partial charge < -0.3 is 10.6 Å². The van der Waals surface area contributed by atoms with Crippen molar-refractivity contribution in [3.05, 3.63) is 33.8 Å². The number of benzene rings is 1. The van der Waals surface area contributed by atoms with Gasteiger partial charge in [0.1, 0.15) is 0 Å². The highest BCUT2D eigenvalue weighted by Crippen LogP contribution is 2.19. The van der Waals surface area contributed by atoms with Gasteiger partial charge in [0, 0.05) is 29.9 Å². The van der Waals surface area contributed by atoms with Crippen LogP contribution in [-0.2, 0) is 16.0 Å².